The lowest BCUT2D eigenvalue weighted by Crippen LogP contribution is -2.30. The fourth-order valence-electron chi connectivity index (χ4n) is 2.13. The molecule has 2 heterocycles. The molecular weight excluding hydrogens is 202 g/mol. The number of rotatable bonds is 3. The second-order valence-electron chi connectivity index (χ2n) is 4.35. The number of hydrogen-bond donors (Lipinski definition) is 1. The van der Waals surface area contributed by atoms with Gasteiger partial charge >= 0.3 is 0 Å². The van der Waals surface area contributed by atoms with Gasteiger partial charge in [-0.1, -0.05) is 0 Å². The fraction of sp³-hybridized carbons (Fsp3) is 0.583. The molecule has 0 atom stereocenters. The molecule has 0 aliphatic carbocycles. The smallest absolute Gasteiger partial charge is 0.151 e. The molecule has 1 aromatic heterocycles. The van der Waals surface area contributed by atoms with Gasteiger partial charge in [0, 0.05) is 33.0 Å². The van der Waals surface area contributed by atoms with Crippen molar-refractivity contribution < 1.29 is 4.74 Å². The lowest BCUT2D eigenvalue weighted by Gasteiger charge is -2.28. The monoisotopic (exact) mass is 221 g/mol. The predicted octanol–water partition coefficient (Wildman–Crippen LogP) is 1.53. The molecule has 0 spiro atoms. The molecule has 0 radical (unpaired) electrons. The van der Waals surface area contributed by atoms with Crippen molar-refractivity contribution in [2.24, 2.45) is 5.92 Å². The van der Waals surface area contributed by atoms with Crippen LogP contribution in [0.15, 0.2) is 18.3 Å². The van der Waals surface area contributed by atoms with Crippen LogP contribution in [0.5, 0.6) is 0 Å². The molecule has 88 valence electrons. The fourth-order valence-corrected chi connectivity index (χ4v) is 2.13. The summed E-state index contributed by atoms with van der Waals surface area (Å²) in [6.07, 6.45) is 4.06. The maximum atomic E-state index is 5.90. The van der Waals surface area contributed by atoms with Crippen LogP contribution < -0.4 is 10.6 Å². The second-order valence-corrected chi connectivity index (χ2v) is 4.35. The molecule has 1 saturated heterocycles. The first-order valence-corrected chi connectivity index (χ1v) is 5.76. The summed E-state index contributed by atoms with van der Waals surface area (Å²) >= 11 is 0. The highest BCUT2D eigenvalue weighted by molar-refractivity contribution is 5.61. The Balaban J connectivity index is 1.96. The zero-order valence-electron chi connectivity index (χ0n) is 9.72. The lowest BCUT2D eigenvalue weighted by atomic mass is 10.00. The zero-order valence-corrected chi connectivity index (χ0v) is 9.72. The standard InChI is InChI=1S/C12H19N3O/c1-15(9-10-4-7-16-8-5-10)12-11(13)3-2-6-14-12/h2-3,6,10H,4-5,7-9,13H2,1H3. The summed E-state index contributed by atoms with van der Waals surface area (Å²) in [5, 5.41) is 0. The third kappa shape index (κ3) is 2.64. The minimum atomic E-state index is 0.695. The van der Waals surface area contributed by atoms with Crippen molar-refractivity contribution >= 4 is 11.5 Å². The van der Waals surface area contributed by atoms with Gasteiger partial charge in [0.25, 0.3) is 0 Å². The number of anilines is 2. The Kier molecular flexibility index (Phi) is 3.62. The molecule has 1 fully saturated rings. The van der Waals surface area contributed by atoms with E-state index in [0.29, 0.717) is 5.92 Å². The highest BCUT2D eigenvalue weighted by atomic mass is 16.5. The second kappa shape index (κ2) is 5.16. The normalized spacial score (nSPS) is 17.3. The van der Waals surface area contributed by atoms with Crippen LogP contribution in [0, 0.1) is 5.92 Å². The van der Waals surface area contributed by atoms with Gasteiger partial charge in [-0.05, 0) is 30.9 Å². The van der Waals surface area contributed by atoms with E-state index >= 15 is 0 Å². The summed E-state index contributed by atoms with van der Waals surface area (Å²) in [4.78, 5) is 6.46. The zero-order chi connectivity index (χ0) is 11.4. The first-order chi connectivity index (χ1) is 7.77. The van der Waals surface area contributed by atoms with Crippen LogP contribution in [0.1, 0.15) is 12.8 Å². The number of hydrogen-bond acceptors (Lipinski definition) is 4. The molecule has 0 amide bonds. The van der Waals surface area contributed by atoms with Crippen molar-refractivity contribution in [3.05, 3.63) is 18.3 Å². The van der Waals surface area contributed by atoms with E-state index in [4.69, 9.17) is 10.5 Å². The molecule has 4 heteroatoms. The third-order valence-corrected chi connectivity index (χ3v) is 3.05. The van der Waals surface area contributed by atoms with Gasteiger partial charge in [0.05, 0.1) is 5.69 Å². The number of ether oxygens (including phenoxy) is 1. The molecule has 16 heavy (non-hydrogen) atoms. The van der Waals surface area contributed by atoms with Gasteiger partial charge in [-0.3, -0.25) is 0 Å². The minimum absolute atomic E-state index is 0.695. The molecule has 0 unspecified atom stereocenters. The van der Waals surface area contributed by atoms with Gasteiger partial charge in [-0.25, -0.2) is 4.98 Å². The maximum absolute atomic E-state index is 5.90. The van der Waals surface area contributed by atoms with Crippen LogP contribution in [0.4, 0.5) is 11.5 Å². The molecular formula is C12H19N3O. The first kappa shape index (κ1) is 11.2. The number of pyridine rings is 1. The van der Waals surface area contributed by atoms with Crippen molar-refractivity contribution in [2.45, 2.75) is 12.8 Å². The van der Waals surface area contributed by atoms with E-state index in [-0.39, 0.29) is 0 Å². The Bertz CT molecular complexity index is 337. The topological polar surface area (TPSA) is 51.4 Å². The first-order valence-electron chi connectivity index (χ1n) is 5.76. The lowest BCUT2D eigenvalue weighted by molar-refractivity contribution is 0.0685. The summed E-state index contributed by atoms with van der Waals surface area (Å²) < 4.78 is 5.35. The van der Waals surface area contributed by atoms with Gasteiger partial charge in [0.1, 0.15) is 0 Å². The van der Waals surface area contributed by atoms with Gasteiger partial charge in [-0.2, -0.15) is 0 Å². The SMILES string of the molecule is CN(CC1CCOCC1)c1ncccc1N. The van der Waals surface area contributed by atoms with E-state index in [0.717, 1.165) is 44.1 Å². The van der Waals surface area contributed by atoms with Crippen LogP contribution in [-0.2, 0) is 4.74 Å². The van der Waals surface area contributed by atoms with E-state index in [1.54, 1.807) is 6.20 Å². The summed E-state index contributed by atoms with van der Waals surface area (Å²) in [6.45, 7) is 2.77. The molecule has 2 N–H and O–H groups in total. The van der Waals surface area contributed by atoms with Crippen molar-refractivity contribution in [2.75, 3.05) is 37.4 Å². The molecule has 0 saturated carbocycles. The Labute approximate surface area is 96.4 Å². The molecule has 0 bridgehead atoms. The quantitative estimate of drug-likeness (QED) is 0.841. The van der Waals surface area contributed by atoms with E-state index in [9.17, 15) is 0 Å². The van der Waals surface area contributed by atoms with Crippen LogP contribution >= 0.6 is 0 Å². The van der Waals surface area contributed by atoms with Gasteiger partial charge < -0.3 is 15.4 Å². The average Bonchev–Trinajstić information content (AvgIpc) is 2.31. The van der Waals surface area contributed by atoms with Crippen molar-refractivity contribution in [3.8, 4) is 0 Å². The van der Waals surface area contributed by atoms with E-state index in [1.165, 1.54) is 0 Å². The Morgan fingerprint density at radius 1 is 1.50 bits per heavy atom. The Morgan fingerprint density at radius 2 is 2.25 bits per heavy atom. The number of aromatic nitrogens is 1. The largest absolute Gasteiger partial charge is 0.396 e. The number of nitrogens with two attached hydrogens (primary N) is 1. The highest BCUT2D eigenvalue weighted by Crippen LogP contribution is 2.22. The van der Waals surface area contributed by atoms with Gasteiger partial charge in [0.2, 0.25) is 0 Å². The molecule has 0 aromatic carbocycles. The summed E-state index contributed by atoms with van der Waals surface area (Å²) in [5.41, 5.74) is 6.65. The predicted molar refractivity (Wildman–Crippen MR) is 65.5 cm³/mol. The van der Waals surface area contributed by atoms with E-state index in [1.807, 2.05) is 19.2 Å². The van der Waals surface area contributed by atoms with Crippen LogP contribution in [0.3, 0.4) is 0 Å². The summed E-state index contributed by atoms with van der Waals surface area (Å²) in [7, 11) is 2.05. The highest BCUT2D eigenvalue weighted by Gasteiger charge is 2.17. The van der Waals surface area contributed by atoms with E-state index < -0.39 is 0 Å². The molecule has 4 nitrogen and oxygen atoms in total. The summed E-state index contributed by atoms with van der Waals surface area (Å²) in [6, 6.07) is 3.75. The maximum Gasteiger partial charge on any atom is 0.151 e. The molecule has 1 aliphatic heterocycles. The van der Waals surface area contributed by atoms with Crippen LogP contribution in [-0.4, -0.2) is 31.8 Å². The van der Waals surface area contributed by atoms with Gasteiger partial charge in [-0.15, -0.1) is 0 Å². The Morgan fingerprint density at radius 3 is 2.94 bits per heavy atom. The molecule has 1 aromatic rings. The third-order valence-electron chi connectivity index (χ3n) is 3.05. The van der Waals surface area contributed by atoms with Crippen LogP contribution in [0.2, 0.25) is 0 Å². The average molecular weight is 221 g/mol. The molecule has 2 rings (SSSR count). The summed E-state index contributed by atoms with van der Waals surface area (Å²) in [5.74, 6) is 1.58. The number of nitrogens with zero attached hydrogens (tertiary/aromatic N) is 2. The minimum Gasteiger partial charge on any atom is -0.396 e. The number of nitrogen functional groups attached to an aromatic ring is 1. The van der Waals surface area contributed by atoms with Gasteiger partial charge in [0.15, 0.2) is 5.82 Å². The van der Waals surface area contributed by atoms with Crippen molar-refractivity contribution in [1.82, 2.24) is 4.98 Å². The molecule has 1 aliphatic rings. The van der Waals surface area contributed by atoms with E-state index in [2.05, 4.69) is 9.88 Å². The Hall–Kier alpha value is -1.29. The van der Waals surface area contributed by atoms with Crippen molar-refractivity contribution in [3.63, 3.8) is 0 Å². The van der Waals surface area contributed by atoms with Crippen molar-refractivity contribution in [1.29, 1.82) is 0 Å². The van der Waals surface area contributed by atoms with Crippen LogP contribution in [0.25, 0.3) is 0 Å².